The number of carbonyl (C=O) groups is 1. The van der Waals surface area contributed by atoms with Gasteiger partial charge < -0.3 is 9.80 Å². The molecule has 1 fully saturated rings. The van der Waals surface area contributed by atoms with E-state index in [9.17, 15) is 9.18 Å². The van der Waals surface area contributed by atoms with E-state index < -0.39 is 0 Å². The number of hydrogen-bond donors (Lipinski definition) is 0. The minimum Gasteiger partial charge on any atom is -0.367 e. The van der Waals surface area contributed by atoms with Gasteiger partial charge in [0.25, 0.3) is 5.91 Å². The van der Waals surface area contributed by atoms with Gasteiger partial charge >= 0.3 is 0 Å². The molecule has 0 aliphatic carbocycles. The number of amides is 1. The predicted molar refractivity (Wildman–Crippen MR) is 79.4 cm³/mol. The summed E-state index contributed by atoms with van der Waals surface area (Å²) in [6.45, 7) is 2.49. The van der Waals surface area contributed by atoms with Gasteiger partial charge in [-0.05, 0) is 29.7 Å². The molecule has 110 valence electrons. The molecule has 0 saturated carbocycles. The fraction of sp³-hybridized carbons (Fsp3) is 0.308. The summed E-state index contributed by atoms with van der Waals surface area (Å²) in [5, 5.41) is 4.07. The zero-order valence-corrected chi connectivity index (χ0v) is 12.6. The Bertz CT molecular complexity index is 644. The molecule has 0 radical (unpaired) electrons. The normalized spacial score (nSPS) is 15.3. The van der Waals surface area contributed by atoms with E-state index in [2.05, 4.69) is 14.5 Å². The molecule has 0 unspecified atom stereocenters. The van der Waals surface area contributed by atoms with E-state index in [-0.39, 0.29) is 11.7 Å². The lowest BCUT2D eigenvalue weighted by molar-refractivity contribution is 0.0751. The van der Waals surface area contributed by atoms with Crippen LogP contribution in [0.15, 0.2) is 24.4 Å². The third-order valence-corrected chi connectivity index (χ3v) is 4.34. The first-order valence-corrected chi connectivity index (χ1v) is 7.57. The molecule has 1 saturated heterocycles. The van der Waals surface area contributed by atoms with Crippen LogP contribution in [0.3, 0.4) is 0 Å². The van der Waals surface area contributed by atoms with Crippen LogP contribution in [-0.2, 0) is 0 Å². The first-order chi connectivity index (χ1) is 10.1. The van der Waals surface area contributed by atoms with Crippen LogP contribution >= 0.6 is 23.1 Å². The molecule has 1 aromatic carbocycles. The maximum Gasteiger partial charge on any atom is 0.267 e. The summed E-state index contributed by atoms with van der Waals surface area (Å²) >= 11 is 7.16. The van der Waals surface area contributed by atoms with Crippen molar-refractivity contribution in [1.29, 1.82) is 0 Å². The molecule has 0 atom stereocenters. The van der Waals surface area contributed by atoms with Crippen LogP contribution in [0.1, 0.15) is 9.67 Å². The van der Waals surface area contributed by atoms with Crippen LogP contribution < -0.4 is 4.90 Å². The topological polar surface area (TPSA) is 49.3 Å². The van der Waals surface area contributed by atoms with Gasteiger partial charge in [0.1, 0.15) is 10.7 Å². The summed E-state index contributed by atoms with van der Waals surface area (Å²) in [6, 6.07) is 4.36. The van der Waals surface area contributed by atoms with Crippen LogP contribution in [0.2, 0.25) is 5.02 Å². The van der Waals surface area contributed by atoms with Crippen LogP contribution in [0.4, 0.5) is 10.1 Å². The van der Waals surface area contributed by atoms with Crippen molar-refractivity contribution in [3.8, 4) is 0 Å². The molecule has 1 amide bonds. The van der Waals surface area contributed by atoms with Crippen LogP contribution in [0, 0.1) is 5.82 Å². The lowest BCUT2D eigenvalue weighted by atomic mass is 10.2. The zero-order chi connectivity index (χ0) is 14.8. The van der Waals surface area contributed by atoms with Gasteiger partial charge in [-0.25, -0.2) is 4.39 Å². The van der Waals surface area contributed by atoms with Gasteiger partial charge in [-0.2, -0.15) is 0 Å². The highest BCUT2D eigenvalue weighted by atomic mass is 35.5. The second kappa shape index (κ2) is 5.95. The Morgan fingerprint density at radius 3 is 2.67 bits per heavy atom. The number of aromatic nitrogens is 2. The van der Waals surface area contributed by atoms with Crippen molar-refractivity contribution in [2.75, 3.05) is 31.1 Å². The Morgan fingerprint density at radius 1 is 1.29 bits per heavy atom. The number of piperazine rings is 1. The number of hydrogen-bond acceptors (Lipinski definition) is 5. The van der Waals surface area contributed by atoms with Gasteiger partial charge in [-0.1, -0.05) is 16.1 Å². The predicted octanol–water partition coefficient (Wildman–Crippen LogP) is 2.29. The first-order valence-electron chi connectivity index (χ1n) is 6.42. The second-order valence-electron chi connectivity index (χ2n) is 4.66. The minimum absolute atomic E-state index is 0.0464. The quantitative estimate of drug-likeness (QED) is 0.849. The standard InChI is InChI=1S/C13H12ClFN4OS/c14-10-7-9(15)1-2-11(10)18-3-5-19(6-4-18)13(20)12-8-16-17-21-12/h1-2,7-8H,3-6H2. The zero-order valence-electron chi connectivity index (χ0n) is 11.0. The van der Waals surface area contributed by atoms with Crippen molar-refractivity contribution in [3.63, 3.8) is 0 Å². The Labute approximate surface area is 130 Å². The lowest BCUT2D eigenvalue weighted by Crippen LogP contribution is -2.48. The van der Waals surface area contributed by atoms with E-state index in [0.29, 0.717) is 36.1 Å². The number of benzene rings is 1. The lowest BCUT2D eigenvalue weighted by Gasteiger charge is -2.36. The average molecular weight is 327 g/mol. The van der Waals surface area contributed by atoms with E-state index in [4.69, 9.17) is 11.6 Å². The minimum atomic E-state index is -0.352. The summed E-state index contributed by atoms with van der Waals surface area (Å²) in [5.74, 6) is -0.398. The van der Waals surface area contributed by atoms with E-state index in [1.165, 1.54) is 18.3 Å². The summed E-state index contributed by atoms with van der Waals surface area (Å²) in [4.78, 5) is 16.5. The monoisotopic (exact) mass is 326 g/mol. The third-order valence-electron chi connectivity index (χ3n) is 3.39. The van der Waals surface area contributed by atoms with Gasteiger partial charge in [0, 0.05) is 26.2 Å². The first kappa shape index (κ1) is 14.2. The van der Waals surface area contributed by atoms with Crippen LogP contribution in [0.5, 0.6) is 0 Å². The Hall–Kier alpha value is -1.73. The molecule has 3 rings (SSSR count). The van der Waals surface area contributed by atoms with E-state index >= 15 is 0 Å². The number of carbonyl (C=O) groups excluding carboxylic acids is 1. The van der Waals surface area contributed by atoms with E-state index in [0.717, 1.165) is 17.2 Å². The smallest absolute Gasteiger partial charge is 0.267 e. The Morgan fingerprint density at radius 2 is 2.05 bits per heavy atom. The molecule has 0 spiro atoms. The van der Waals surface area contributed by atoms with Crippen molar-refractivity contribution in [3.05, 3.63) is 40.1 Å². The van der Waals surface area contributed by atoms with Gasteiger partial charge in [0.05, 0.1) is 16.9 Å². The third kappa shape index (κ3) is 2.98. The summed E-state index contributed by atoms with van der Waals surface area (Å²) in [7, 11) is 0. The highest BCUT2D eigenvalue weighted by Crippen LogP contribution is 2.27. The van der Waals surface area contributed by atoms with E-state index in [1.807, 2.05) is 0 Å². The molecule has 21 heavy (non-hydrogen) atoms. The molecule has 0 N–H and O–H groups in total. The number of anilines is 1. The molecule has 0 bridgehead atoms. The fourth-order valence-electron chi connectivity index (χ4n) is 2.31. The summed E-state index contributed by atoms with van der Waals surface area (Å²) in [6.07, 6.45) is 1.48. The van der Waals surface area contributed by atoms with Crippen molar-refractivity contribution >= 4 is 34.7 Å². The van der Waals surface area contributed by atoms with Gasteiger partial charge in [0.2, 0.25) is 0 Å². The molecule has 2 heterocycles. The van der Waals surface area contributed by atoms with Gasteiger partial charge in [0.15, 0.2) is 0 Å². The molecule has 2 aromatic rings. The summed E-state index contributed by atoms with van der Waals surface area (Å²) in [5.41, 5.74) is 0.796. The SMILES string of the molecule is O=C(c1cnns1)N1CCN(c2ccc(F)cc2Cl)CC1. The van der Waals surface area contributed by atoms with Crippen molar-refractivity contribution in [2.24, 2.45) is 0 Å². The average Bonchev–Trinajstić information content (AvgIpc) is 3.01. The van der Waals surface area contributed by atoms with Crippen molar-refractivity contribution in [1.82, 2.24) is 14.5 Å². The molecule has 1 aliphatic heterocycles. The number of halogens is 2. The van der Waals surface area contributed by atoms with Gasteiger partial charge in [-0.3, -0.25) is 4.79 Å². The van der Waals surface area contributed by atoms with Crippen molar-refractivity contribution in [2.45, 2.75) is 0 Å². The van der Waals surface area contributed by atoms with Gasteiger partial charge in [-0.15, -0.1) is 5.10 Å². The maximum absolute atomic E-state index is 13.1. The Kier molecular flexibility index (Phi) is 4.03. The molecule has 1 aliphatic rings. The molecule has 1 aromatic heterocycles. The van der Waals surface area contributed by atoms with Crippen LogP contribution in [0.25, 0.3) is 0 Å². The highest BCUT2D eigenvalue weighted by molar-refractivity contribution is 7.07. The van der Waals surface area contributed by atoms with Crippen molar-refractivity contribution < 1.29 is 9.18 Å². The molecular formula is C13H12ClFN4OS. The van der Waals surface area contributed by atoms with E-state index in [1.54, 1.807) is 11.0 Å². The maximum atomic E-state index is 13.1. The number of nitrogens with zero attached hydrogens (tertiary/aromatic N) is 4. The Balaban J connectivity index is 1.66. The molecule has 5 nitrogen and oxygen atoms in total. The van der Waals surface area contributed by atoms with Crippen LogP contribution in [-0.4, -0.2) is 46.6 Å². The molecule has 8 heteroatoms. The molecular weight excluding hydrogens is 315 g/mol. The number of rotatable bonds is 2. The second-order valence-corrected chi connectivity index (χ2v) is 5.85. The largest absolute Gasteiger partial charge is 0.367 e. The fourth-order valence-corrected chi connectivity index (χ4v) is 3.08. The highest BCUT2D eigenvalue weighted by Gasteiger charge is 2.24. The summed E-state index contributed by atoms with van der Waals surface area (Å²) < 4.78 is 16.8.